The minimum atomic E-state index is -0.157. The summed E-state index contributed by atoms with van der Waals surface area (Å²) < 4.78 is 1.44. The quantitative estimate of drug-likeness (QED) is 0.790. The van der Waals surface area contributed by atoms with Crippen molar-refractivity contribution in [2.75, 3.05) is 7.05 Å². The third kappa shape index (κ3) is 3.42. The van der Waals surface area contributed by atoms with E-state index in [4.69, 9.17) is 11.6 Å². The first kappa shape index (κ1) is 16.5. The van der Waals surface area contributed by atoms with E-state index in [1.807, 2.05) is 26.1 Å². The van der Waals surface area contributed by atoms with E-state index in [1.54, 1.807) is 30.5 Å². The van der Waals surface area contributed by atoms with Crippen LogP contribution >= 0.6 is 11.6 Å². The van der Waals surface area contributed by atoms with Gasteiger partial charge >= 0.3 is 0 Å². The van der Waals surface area contributed by atoms with Gasteiger partial charge in [-0.2, -0.15) is 0 Å². The number of nitrogens with zero attached hydrogens (tertiary/aromatic N) is 3. The Labute approximate surface area is 144 Å². The fourth-order valence-corrected chi connectivity index (χ4v) is 2.80. The van der Waals surface area contributed by atoms with Crippen molar-refractivity contribution < 1.29 is 5.11 Å². The number of phenolic OH excluding ortho intramolecular Hbond substituents is 1. The van der Waals surface area contributed by atoms with Crippen LogP contribution < -0.4 is 5.56 Å². The SMILES string of the molecule is C[C@@H](c1cccc(O)c1)N(C)Cc1cc(=O)n2cc(Cl)ccc2n1. The molecule has 3 aromatic rings. The maximum absolute atomic E-state index is 12.2. The van der Waals surface area contributed by atoms with Crippen LogP contribution in [0.15, 0.2) is 53.5 Å². The van der Waals surface area contributed by atoms with Gasteiger partial charge in [0.1, 0.15) is 11.4 Å². The number of halogens is 1. The standard InChI is InChI=1S/C18H18ClN3O2/c1-12(13-4-3-5-16(23)8-13)21(2)11-15-9-18(24)22-10-14(19)6-7-17(22)20-15/h3-10,12,23H,11H2,1-2H3/t12-/m0/s1. The number of fused-ring (bicyclic) bond motifs is 1. The van der Waals surface area contributed by atoms with Crippen molar-refractivity contribution in [2.45, 2.75) is 19.5 Å². The Balaban J connectivity index is 1.86. The Morgan fingerprint density at radius 3 is 2.83 bits per heavy atom. The van der Waals surface area contributed by atoms with Crippen LogP contribution in [0.1, 0.15) is 24.2 Å². The van der Waals surface area contributed by atoms with Crippen LogP contribution in [0.25, 0.3) is 5.65 Å². The van der Waals surface area contributed by atoms with Crippen LogP contribution in [0.3, 0.4) is 0 Å². The molecule has 0 unspecified atom stereocenters. The lowest BCUT2D eigenvalue weighted by Gasteiger charge is -2.24. The molecule has 0 bridgehead atoms. The number of benzene rings is 1. The van der Waals surface area contributed by atoms with E-state index in [0.29, 0.717) is 22.9 Å². The Kier molecular flexibility index (Phi) is 4.55. The number of phenols is 1. The maximum atomic E-state index is 12.2. The number of rotatable bonds is 4. The molecule has 0 saturated heterocycles. The molecule has 0 amide bonds. The lowest BCUT2D eigenvalue weighted by Crippen LogP contribution is -2.24. The molecule has 1 aromatic carbocycles. The van der Waals surface area contributed by atoms with Gasteiger partial charge in [0.05, 0.1) is 10.7 Å². The van der Waals surface area contributed by atoms with E-state index in [0.717, 1.165) is 5.56 Å². The molecule has 1 N–H and O–H groups in total. The molecule has 124 valence electrons. The van der Waals surface area contributed by atoms with Crippen LogP contribution in [-0.2, 0) is 6.54 Å². The second-order valence-electron chi connectivity index (χ2n) is 5.85. The zero-order chi connectivity index (χ0) is 17.3. The first-order chi connectivity index (χ1) is 11.4. The van der Waals surface area contributed by atoms with Crippen LogP contribution in [0.5, 0.6) is 5.75 Å². The summed E-state index contributed by atoms with van der Waals surface area (Å²) in [6.07, 6.45) is 1.56. The van der Waals surface area contributed by atoms with Crippen molar-refractivity contribution in [2.24, 2.45) is 0 Å². The fraction of sp³-hybridized carbons (Fsp3) is 0.222. The van der Waals surface area contributed by atoms with Crippen molar-refractivity contribution in [1.29, 1.82) is 0 Å². The van der Waals surface area contributed by atoms with Crippen LogP contribution in [0.2, 0.25) is 5.02 Å². The molecule has 0 aliphatic carbocycles. The van der Waals surface area contributed by atoms with Gasteiger partial charge in [0, 0.05) is 24.8 Å². The predicted molar refractivity (Wildman–Crippen MR) is 94.5 cm³/mol. The second-order valence-corrected chi connectivity index (χ2v) is 6.28. The summed E-state index contributed by atoms with van der Waals surface area (Å²) in [5, 5.41) is 10.1. The molecule has 0 spiro atoms. The highest BCUT2D eigenvalue weighted by Gasteiger charge is 2.14. The van der Waals surface area contributed by atoms with Gasteiger partial charge in [-0.3, -0.25) is 14.1 Å². The topological polar surface area (TPSA) is 57.8 Å². The van der Waals surface area contributed by atoms with Crippen LogP contribution in [0, 0.1) is 0 Å². The number of hydrogen-bond acceptors (Lipinski definition) is 4. The fourth-order valence-electron chi connectivity index (χ4n) is 2.64. The summed E-state index contributed by atoms with van der Waals surface area (Å²) in [4.78, 5) is 18.8. The normalized spacial score (nSPS) is 12.7. The Hall–Kier alpha value is -2.37. The molecule has 0 saturated carbocycles. The zero-order valence-corrected chi connectivity index (χ0v) is 14.2. The second kappa shape index (κ2) is 6.63. The number of aromatic hydroxyl groups is 1. The highest BCUT2D eigenvalue weighted by atomic mass is 35.5. The number of pyridine rings is 1. The molecule has 0 aliphatic rings. The van der Waals surface area contributed by atoms with E-state index < -0.39 is 0 Å². The number of aromatic nitrogens is 2. The van der Waals surface area contributed by atoms with Gasteiger partial charge in [0.2, 0.25) is 0 Å². The first-order valence-electron chi connectivity index (χ1n) is 7.61. The third-order valence-electron chi connectivity index (χ3n) is 4.10. The van der Waals surface area contributed by atoms with Crippen molar-refractivity contribution in [1.82, 2.24) is 14.3 Å². The summed E-state index contributed by atoms with van der Waals surface area (Å²) in [7, 11) is 1.96. The molecule has 24 heavy (non-hydrogen) atoms. The molecule has 0 fully saturated rings. The summed E-state index contributed by atoms with van der Waals surface area (Å²) in [6.45, 7) is 2.56. The van der Waals surface area contributed by atoms with Crippen LogP contribution in [0.4, 0.5) is 0 Å². The van der Waals surface area contributed by atoms with E-state index in [1.165, 1.54) is 10.5 Å². The Bertz CT molecular complexity index is 939. The third-order valence-corrected chi connectivity index (χ3v) is 4.33. The van der Waals surface area contributed by atoms with E-state index in [-0.39, 0.29) is 17.4 Å². The number of hydrogen-bond donors (Lipinski definition) is 1. The molecule has 2 heterocycles. The smallest absolute Gasteiger partial charge is 0.258 e. The summed E-state index contributed by atoms with van der Waals surface area (Å²) in [5.74, 6) is 0.242. The van der Waals surface area contributed by atoms with Crippen molar-refractivity contribution in [3.05, 3.63) is 75.3 Å². The average Bonchev–Trinajstić information content (AvgIpc) is 2.55. The van der Waals surface area contributed by atoms with Gasteiger partial charge < -0.3 is 5.11 Å². The van der Waals surface area contributed by atoms with Gasteiger partial charge in [-0.15, -0.1) is 0 Å². The molecular weight excluding hydrogens is 326 g/mol. The van der Waals surface area contributed by atoms with E-state index >= 15 is 0 Å². The lowest BCUT2D eigenvalue weighted by molar-refractivity contribution is 0.249. The highest BCUT2D eigenvalue weighted by molar-refractivity contribution is 6.30. The van der Waals surface area contributed by atoms with Gasteiger partial charge in [0.25, 0.3) is 5.56 Å². The summed E-state index contributed by atoms with van der Waals surface area (Å²) in [6, 6.07) is 12.2. The molecule has 3 rings (SSSR count). The van der Waals surface area contributed by atoms with Gasteiger partial charge in [-0.1, -0.05) is 23.7 Å². The van der Waals surface area contributed by atoms with Crippen molar-refractivity contribution in [3.63, 3.8) is 0 Å². The van der Waals surface area contributed by atoms with Crippen molar-refractivity contribution >= 4 is 17.2 Å². The lowest BCUT2D eigenvalue weighted by atomic mass is 10.1. The average molecular weight is 344 g/mol. The predicted octanol–water partition coefficient (Wildman–Crippen LogP) is 3.25. The monoisotopic (exact) mass is 343 g/mol. The van der Waals surface area contributed by atoms with Crippen LogP contribution in [-0.4, -0.2) is 26.4 Å². The molecular formula is C18H18ClN3O2. The Morgan fingerprint density at radius 2 is 2.08 bits per heavy atom. The largest absolute Gasteiger partial charge is 0.508 e. The van der Waals surface area contributed by atoms with Gasteiger partial charge in [-0.05, 0) is 43.8 Å². The summed E-state index contributed by atoms with van der Waals surface area (Å²) in [5.41, 5.74) is 2.11. The van der Waals surface area contributed by atoms with Gasteiger partial charge in [0.15, 0.2) is 0 Å². The van der Waals surface area contributed by atoms with Gasteiger partial charge in [-0.25, -0.2) is 4.98 Å². The minimum Gasteiger partial charge on any atom is -0.508 e. The highest BCUT2D eigenvalue weighted by Crippen LogP contribution is 2.23. The molecule has 6 heteroatoms. The maximum Gasteiger partial charge on any atom is 0.258 e. The molecule has 0 radical (unpaired) electrons. The van der Waals surface area contributed by atoms with Crippen molar-refractivity contribution in [3.8, 4) is 5.75 Å². The molecule has 0 aliphatic heterocycles. The molecule has 2 aromatic heterocycles. The molecule has 5 nitrogen and oxygen atoms in total. The molecule has 1 atom stereocenters. The summed E-state index contributed by atoms with van der Waals surface area (Å²) >= 11 is 5.92. The Morgan fingerprint density at radius 1 is 1.29 bits per heavy atom. The van der Waals surface area contributed by atoms with E-state index in [2.05, 4.69) is 9.88 Å². The minimum absolute atomic E-state index is 0.0718. The first-order valence-corrected chi connectivity index (χ1v) is 7.99. The zero-order valence-electron chi connectivity index (χ0n) is 13.5. The van der Waals surface area contributed by atoms with E-state index in [9.17, 15) is 9.90 Å².